The van der Waals surface area contributed by atoms with Crippen LogP contribution in [0.1, 0.15) is 21.5 Å². The lowest BCUT2D eigenvalue weighted by atomic mass is 10.0. The first kappa shape index (κ1) is 24.7. The summed E-state index contributed by atoms with van der Waals surface area (Å²) in [5, 5.41) is -0.152. The highest BCUT2D eigenvalue weighted by molar-refractivity contribution is 6.34. The molecule has 1 amide bonds. The average Bonchev–Trinajstić information content (AvgIpc) is 2.72. The van der Waals surface area contributed by atoms with Crippen molar-refractivity contribution >= 4 is 34.8 Å². The molecule has 0 spiro atoms. The molecule has 0 saturated heterocycles. The van der Waals surface area contributed by atoms with Crippen molar-refractivity contribution in [2.75, 3.05) is 11.9 Å². The van der Waals surface area contributed by atoms with Crippen LogP contribution in [-0.4, -0.2) is 22.9 Å². The minimum atomic E-state index is -5.13. The SMILES string of the molecule is CN(C(=O)c1cc(C(F)(F)F)cc(C(F)(F)F)c1)c1cnc(Cl)cc1-c1cc(F)ncc1Cl. The highest BCUT2D eigenvalue weighted by Gasteiger charge is 2.38. The fourth-order valence-corrected chi connectivity index (χ4v) is 3.27. The van der Waals surface area contributed by atoms with Crippen LogP contribution in [-0.2, 0) is 12.4 Å². The van der Waals surface area contributed by atoms with Crippen molar-refractivity contribution < 1.29 is 35.5 Å². The summed E-state index contributed by atoms with van der Waals surface area (Å²) in [6, 6.07) is 2.63. The van der Waals surface area contributed by atoms with Gasteiger partial charge < -0.3 is 4.90 Å². The van der Waals surface area contributed by atoms with Crippen molar-refractivity contribution in [3.63, 3.8) is 0 Å². The van der Waals surface area contributed by atoms with Crippen molar-refractivity contribution in [1.82, 2.24) is 9.97 Å². The minimum Gasteiger partial charge on any atom is -0.309 e. The van der Waals surface area contributed by atoms with Crippen molar-refractivity contribution in [2.24, 2.45) is 0 Å². The molecule has 2 heterocycles. The number of carbonyl (C=O) groups is 1. The van der Waals surface area contributed by atoms with Crippen LogP contribution in [0.15, 0.2) is 42.7 Å². The monoisotopic (exact) mass is 511 g/mol. The van der Waals surface area contributed by atoms with Crippen molar-refractivity contribution in [3.8, 4) is 11.1 Å². The Morgan fingerprint density at radius 3 is 1.97 bits per heavy atom. The highest BCUT2D eigenvalue weighted by atomic mass is 35.5. The quantitative estimate of drug-likeness (QED) is 0.283. The van der Waals surface area contributed by atoms with Gasteiger partial charge in [0.25, 0.3) is 5.91 Å². The van der Waals surface area contributed by atoms with E-state index in [0.717, 1.165) is 30.4 Å². The first-order valence-corrected chi connectivity index (χ1v) is 9.48. The van der Waals surface area contributed by atoms with Crippen molar-refractivity contribution in [3.05, 3.63) is 75.5 Å². The first-order valence-electron chi connectivity index (χ1n) is 8.73. The number of alkyl halides is 6. The van der Waals surface area contributed by atoms with Gasteiger partial charge in [-0.3, -0.25) is 4.79 Å². The number of carbonyl (C=O) groups excluding carboxylic acids is 1. The zero-order valence-electron chi connectivity index (χ0n) is 16.2. The molecule has 13 heteroatoms. The molecule has 0 atom stereocenters. The van der Waals surface area contributed by atoms with Gasteiger partial charge in [0.1, 0.15) is 5.15 Å². The Morgan fingerprint density at radius 1 is 0.848 bits per heavy atom. The lowest BCUT2D eigenvalue weighted by Gasteiger charge is -2.22. The Bertz CT molecular complexity index is 1200. The molecule has 0 saturated carbocycles. The second kappa shape index (κ2) is 8.79. The van der Waals surface area contributed by atoms with Gasteiger partial charge in [-0.25, -0.2) is 9.97 Å². The molecule has 3 rings (SSSR count). The number of amides is 1. The Balaban J connectivity index is 2.15. The number of halogens is 9. The van der Waals surface area contributed by atoms with Crippen LogP contribution in [0.4, 0.5) is 36.4 Å². The van der Waals surface area contributed by atoms with E-state index in [4.69, 9.17) is 23.2 Å². The first-order chi connectivity index (χ1) is 15.2. The smallest absolute Gasteiger partial charge is 0.309 e. The number of aromatic nitrogens is 2. The van der Waals surface area contributed by atoms with E-state index in [1.54, 1.807) is 0 Å². The maximum Gasteiger partial charge on any atom is 0.416 e. The molecule has 0 bridgehead atoms. The number of hydrogen-bond acceptors (Lipinski definition) is 3. The van der Waals surface area contributed by atoms with Gasteiger partial charge in [0, 0.05) is 36.0 Å². The lowest BCUT2D eigenvalue weighted by molar-refractivity contribution is -0.143. The van der Waals surface area contributed by atoms with E-state index < -0.39 is 40.9 Å². The third-order valence-electron chi connectivity index (χ3n) is 4.46. The van der Waals surface area contributed by atoms with Crippen LogP contribution in [0.5, 0.6) is 0 Å². The van der Waals surface area contributed by atoms with Gasteiger partial charge in [-0.1, -0.05) is 23.2 Å². The van der Waals surface area contributed by atoms with E-state index in [1.165, 1.54) is 6.07 Å². The Morgan fingerprint density at radius 2 is 1.42 bits per heavy atom. The molecule has 2 aromatic heterocycles. The van der Waals surface area contributed by atoms with Gasteiger partial charge in [0.05, 0.1) is 28.0 Å². The van der Waals surface area contributed by atoms with E-state index in [0.29, 0.717) is 12.1 Å². The topological polar surface area (TPSA) is 46.1 Å². The molecule has 0 N–H and O–H groups in total. The molecular formula is C20H10Cl2F7N3O. The Hall–Kier alpha value is -2.92. The summed E-state index contributed by atoms with van der Waals surface area (Å²) < 4.78 is 92.7. The van der Waals surface area contributed by atoms with Crippen LogP contribution in [0.2, 0.25) is 10.2 Å². The zero-order valence-corrected chi connectivity index (χ0v) is 17.7. The molecule has 0 aliphatic carbocycles. The molecule has 1 aromatic carbocycles. The molecule has 0 radical (unpaired) electrons. The van der Waals surface area contributed by atoms with Crippen LogP contribution < -0.4 is 4.90 Å². The standard InChI is InChI=1S/C20H10Cl2F7N3O/c1-32(15-8-30-16(22)5-13(15)12-6-17(23)31-7-14(12)21)18(33)9-2-10(19(24,25)26)4-11(3-9)20(27,28)29/h2-8H,1H3. The molecular weight excluding hydrogens is 502 g/mol. The Labute approximate surface area is 191 Å². The predicted molar refractivity (Wildman–Crippen MR) is 107 cm³/mol. The van der Waals surface area contributed by atoms with E-state index in [-0.39, 0.29) is 33.1 Å². The van der Waals surface area contributed by atoms with Crippen molar-refractivity contribution in [1.29, 1.82) is 0 Å². The molecule has 174 valence electrons. The van der Waals surface area contributed by atoms with Crippen LogP contribution >= 0.6 is 23.2 Å². The predicted octanol–water partition coefficient (Wildman–Crippen LogP) is 6.90. The van der Waals surface area contributed by atoms with Gasteiger partial charge in [0.2, 0.25) is 5.95 Å². The summed E-state index contributed by atoms with van der Waals surface area (Å²) in [4.78, 5) is 20.8. The van der Waals surface area contributed by atoms with Gasteiger partial charge in [0.15, 0.2) is 0 Å². The van der Waals surface area contributed by atoms with E-state index in [1.807, 2.05) is 0 Å². The lowest BCUT2D eigenvalue weighted by Crippen LogP contribution is -2.28. The summed E-state index contributed by atoms with van der Waals surface area (Å²) in [6.45, 7) is 0. The maximum atomic E-state index is 13.7. The van der Waals surface area contributed by atoms with Gasteiger partial charge in [-0.15, -0.1) is 0 Å². The minimum absolute atomic E-state index is 0.0168. The third-order valence-corrected chi connectivity index (χ3v) is 4.97. The highest BCUT2D eigenvalue weighted by Crippen LogP contribution is 2.39. The normalized spacial score (nSPS) is 12.1. The summed E-state index contributed by atoms with van der Waals surface area (Å²) in [5.74, 6) is -2.16. The number of hydrogen-bond donors (Lipinski definition) is 0. The number of pyridine rings is 2. The molecule has 0 unspecified atom stereocenters. The summed E-state index contributed by atoms with van der Waals surface area (Å²) in [6.07, 6.45) is -8.25. The number of anilines is 1. The second-order valence-corrected chi connectivity index (χ2v) is 7.46. The van der Waals surface area contributed by atoms with Crippen LogP contribution in [0, 0.1) is 5.95 Å². The average molecular weight is 512 g/mol. The van der Waals surface area contributed by atoms with Crippen LogP contribution in [0.25, 0.3) is 11.1 Å². The van der Waals surface area contributed by atoms with E-state index >= 15 is 0 Å². The molecule has 0 fully saturated rings. The van der Waals surface area contributed by atoms with Gasteiger partial charge >= 0.3 is 12.4 Å². The zero-order chi connectivity index (χ0) is 24.7. The molecule has 4 nitrogen and oxygen atoms in total. The number of nitrogens with zero attached hydrogens (tertiary/aromatic N) is 3. The molecule has 0 aliphatic heterocycles. The van der Waals surface area contributed by atoms with Crippen molar-refractivity contribution in [2.45, 2.75) is 12.4 Å². The van der Waals surface area contributed by atoms with Gasteiger partial charge in [-0.2, -0.15) is 30.7 Å². The van der Waals surface area contributed by atoms with Gasteiger partial charge in [-0.05, 0) is 24.3 Å². The van der Waals surface area contributed by atoms with Crippen LogP contribution in [0.3, 0.4) is 0 Å². The fraction of sp³-hybridized carbons (Fsp3) is 0.150. The number of benzene rings is 1. The van der Waals surface area contributed by atoms with E-state index in [9.17, 15) is 35.5 Å². The molecule has 3 aromatic rings. The fourth-order valence-electron chi connectivity index (χ4n) is 2.91. The molecule has 0 aliphatic rings. The largest absolute Gasteiger partial charge is 0.416 e. The summed E-state index contributed by atoms with van der Waals surface area (Å²) in [5.41, 5.74) is -4.23. The maximum absolute atomic E-state index is 13.7. The number of rotatable bonds is 3. The second-order valence-electron chi connectivity index (χ2n) is 6.67. The Kier molecular flexibility index (Phi) is 6.58. The summed E-state index contributed by atoms with van der Waals surface area (Å²) in [7, 11) is 1.09. The summed E-state index contributed by atoms with van der Waals surface area (Å²) >= 11 is 11.9. The van der Waals surface area contributed by atoms with E-state index in [2.05, 4.69) is 9.97 Å². The molecule has 33 heavy (non-hydrogen) atoms. The third kappa shape index (κ3) is 5.36.